The molecule has 2 aromatic heterocycles. The number of oxazole rings is 1. The van der Waals surface area contributed by atoms with Crippen LogP contribution in [-0.2, 0) is 0 Å². The summed E-state index contributed by atoms with van der Waals surface area (Å²) in [5.41, 5.74) is 4.63. The van der Waals surface area contributed by atoms with E-state index in [4.69, 9.17) is 4.42 Å². The molecule has 5 heteroatoms. The lowest BCUT2D eigenvalue weighted by molar-refractivity contribution is 0.602. The van der Waals surface area contributed by atoms with E-state index in [0.717, 1.165) is 32.4 Å². The monoisotopic (exact) mass is 253 g/mol. The number of aromatic nitrogens is 3. The predicted octanol–water partition coefficient (Wildman–Crippen LogP) is 3.50. The van der Waals surface area contributed by atoms with E-state index in [1.165, 1.54) is 17.9 Å². The lowest BCUT2D eigenvalue weighted by Crippen LogP contribution is -1.82. The number of para-hydroxylation sites is 1. The Morgan fingerprint density at radius 1 is 0.944 bits per heavy atom. The second kappa shape index (κ2) is 3.61. The van der Waals surface area contributed by atoms with Crippen LogP contribution >= 0.6 is 11.5 Å². The van der Waals surface area contributed by atoms with Crippen LogP contribution in [0.1, 0.15) is 0 Å². The number of hydrogen-bond donors (Lipinski definition) is 0. The molecule has 0 aliphatic heterocycles. The molecule has 0 saturated heterocycles. The van der Waals surface area contributed by atoms with Crippen molar-refractivity contribution >= 4 is 32.8 Å². The summed E-state index contributed by atoms with van der Waals surface area (Å²) in [5.74, 6) is 0. The maximum Gasteiger partial charge on any atom is 0.182 e. The van der Waals surface area contributed by atoms with Gasteiger partial charge in [0.1, 0.15) is 11.0 Å². The summed E-state index contributed by atoms with van der Waals surface area (Å²) in [4.78, 5) is 4.27. The molecule has 0 aliphatic carbocycles. The van der Waals surface area contributed by atoms with Gasteiger partial charge >= 0.3 is 0 Å². The third kappa shape index (κ3) is 1.28. The maximum atomic E-state index is 5.33. The van der Waals surface area contributed by atoms with Gasteiger partial charge in [0.2, 0.25) is 0 Å². The Hall–Kier alpha value is -2.27. The van der Waals surface area contributed by atoms with Crippen LogP contribution < -0.4 is 0 Å². The Labute approximate surface area is 106 Å². The van der Waals surface area contributed by atoms with Crippen molar-refractivity contribution in [1.82, 2.24) is 14.6 Å². The van der Waals surface area contributed by atoms with Crippen molar-refractivity contribution in [1.29, 1.82) is 0 Å². The number of fused-ring (bicyclic) bond motifs is 2. The first kappa shape index (κ1) is 9.73. The largest absolute Gasteiger partial charge is 0.443 e. The van der Waals surface area contributed by atoms with Gasteiger partial charge in [-0.15, -0.1) is 5.10 Å². The molecule has 0 fully saturated rings. The fourth-order valence-corrected chi connectivity index (χ4v) is 2.71. The highest BCUT2D eigenvalue weighted by Gasteiger charge is 2.11. The van der Waals surface area contributed by atoms with E-state index in [1.807, 2.05) is 36.4 Å². The predicted molar refractivity (Wildman–Crippen MR) is 70.4 cm³/mol. The number of benzene rings is 2. The molecule has 0 aliphatic rings. The molecule has 4 aromatic rings. The van der Waals surface area contributed by atoms with Gasteiger partial charge in [0.25, 0.3) is 0 Å². The molecule has 0 bridgehead atoms. The Kier molecular flexibility index (Phi) is 1.95. The van der Waals surface area contributed by atoms with E-state index < -0.39 is 0 Å². The molecule has 86 valence electrons. The van der Waals surface area contributed by atoms with Crippen LogP contribution in [0, 0.1) is 0 Å². The van der Waals surface area contributed by atoms with Gasteiger partial charge in [-0.05, 0) is 23.7 Å². The zero-order valence-corrected chi connectivity index (χ0v) is 10.0. The van der Waals surface area contributed by atoms with Crippen molar-refractivity contribution in [2.45, 2.75) is 0 Å². The van der Waals surface area contributed by atoms with Gasteiger partial charge < -0.3 is 4.42 Å². The Morgan fingerprint density at radius 3 is 2.72 bits per heavy atom. The zero-order chi connectivity index (χ0) is 11.9. The Balaban J connectivity index is 2.13. The first-order chi connectivity index (χ1) is 8.93. The van der Waals surface area contributed by atoms with E-state index >= 15 is 0 Å². The SMILES string of the molecule is c1cc(-c2cccc3snnc23)c2ncoc2c1. The normalized spacial score (nSPS) is 11.3. The minimum absolute atomic E-state index is 0.785. The van der Waals surface area contributed by atoms with Crippen molar-refractivity contribution in [2.24, 2.45) is 0 Å². The van der Waals surface area contributed by atoms with Crippen molar-refractivity contribution in [3.8, 4) is 11.1 Å². The molecule has 0 radical (unpaired) electrons. The molecule has 2 aromatic carbocycles. The van der Waals surface area contributed by atoms with Crippen LogP contribution in [0.2, 0.25) is 0 Å². The highest BCUT2D eigenvalue weighted by molar-refractivity contribution is 7.13. The summed E-state index contributed by atoms with van der Waals surface area (Å²) < 4.78 is 10.4. The summed E-state index contributed by atoms with van der Waals surface area (Å²) in [6, 6.07) is 12.0. The third-order valence-corrected chi connectivity index (χ3v) is 3.62. The summed E-state index contributed by atoms with van der Waals surface area (Å²) in [5, 5.41) is 4.20. The van der Waals surface area contributed by atoms with E-state index in [9.17, 15) is 0 Å². The average Bonchev–Trinajstić information content (AvgIpc) is 3.06. The van der Waals surface area contributed by atoms with E-state index in [0.29, 0.717) is 0 Å². The van der Waals surface area contributed by atoms with Gasteiger partial charge in [0.15, 0.2) is 12.0 Å². The lowest BCUT2D eigenvalue weighted by atomic mass is 10.0. The van der Waals surface area contributed by atoms with E-state index in [-0.39, 0.29) is 0 Å². The van der Waals surface area contributed by atoms with Gasteiger partial charge in [-0.1, -0.05) is 28.8 Å². The fraction of sp³-hybridized carbons (Fsp3) is 0. The fourth-order valence-electron chi connectivity index (χ4n) is 2.13. The first-order valence-corrected chi connectivity index (χ1v) is 6.24. The van der Waals surface area contributed by atoms with Crippen molar-refractivity contribution in [2.75, 3.05) is 0 Å². The van der Waals surface area contributed by atoms with Gasteiger partial charge in [-0.2, -0.15) is 0 Å². The van der Waals surface area contributed by atoms with E-state index in [2.05, 4.69) is 14.6 Å². The quantitative estimate of drug-likeness (QED) is 0.521. The van der Waals surface area contributed by atoms with Gasteiger partial charge in [0, 0.05) is 11.1 Å². The van der Waals surface area contributed by atoms with Crippen LogP contribution in [0.15, 0.2) is 47.2 Å². The third-order valence-electron chi connectivity index (χ3n) is 2.93. The van der Waals surface area contributed by atoms with Crippen LogP contribution in [0.25, 0.3) is 32.4 Å². The molecule has 0 unspecified atom stereocenters. The summed E-state index contributed by atoms with van der Waals surface area (Å²) in [6.07, 6.45) is 1.47. The smallest absolute Gasteiger partial charge is 0.182 e. The molecule has 4 nitrogen and oxygen atoms in total. The number of hydrogen-bond acceptors (Lipinski definition) is 5. The molecular formula is C13H7N3OS. The van der Waals surface area contributed by atoms with Crippen molar-refractivity contribution < 1.29 is 4.42 Å². The van der Waals surface area contributed by atoms with Gasteiger partial charge in [-0.25, -0.2) is 4.98 Å². The molecule has 0 spiro atoms. The Bertz CT molecular complexity index is 777. The number of rotatable bonds is 1. The van der Waals surface area contributed by atoms with Gasteiger partial charge in [-0.3, -0.25) is 0 Å². The Morgan fingerprint density at radius 2 is 1.78 bits per heavy atom. The minimum atomic E-state index is 0.785. The molecule has 0 atom stereocenters. The second-order valence-electron chi connectivity index (χ2n) is 3.93. The topological polar surface area (TPSA) is 51.8 Å². The standard InChI is InChI=1S/C13H7N3OS/c1-3-8(12-10(5-1)17-7-14-12)9-4-2-6-11-13(9)15-16-18-11/h1-7H. The molecule has 0 saturated carbocycles. The molecule has 18 heavy (non-hydrogen) atoms. The average molecular weight is 253 g/mol. The van der Waals surface area contributed by atoms with Gasteiger partial charge in [0.05, 0.1) is 4.70 Å². The maximum absolute atomic E-state index is 5.33. The molecule has 0 N–H and O–H groups in total. The van der Waals surface area contributed by atoms with Crippen LogP contribution in [0.4, 0.5) is 0 Å². The molecular weight excluding hydrogens is 246 g/mol. The minimum Gasteiger partial charge on any atom is -0.443 e. The molecule has 4 rings (SSSR count). The summed E-state index contributed by atoms with van der Waals surface area (Å²) >= 11 is 1.40. The highest BCUT2D eigenvalue weighted by Crippen LogP contribution is 2.32. The van der Waals surface area contributed by atoms with Crippen LogP contribution in [0.5, 0.6) is 0 Å². The van der Waals surface area contributed by atoms with Crippen LogP contribution in [0.3, 0.4) is 0 Å². The van der Waals surface area contributed by atoms with Crippen molar-refractivity contribution in [3.05, 3.63) is 42.8 Å². The van der Waals surface area contributed by atoms with Crippen LogP contribution in [-0.4, -0.2) is 14.6 Å². The molecule has 2 heterocycles. The lowest BCUT2D eigenvalue weighted by Gasteiger charge is -2.02. The van der Waals surface area contributed by atoms with E-state index in [1.54, 1.807) is 0 Å². The number of nitrogens with zero attached hydrogens (tertiary/aromatic N) is 3. The van der Waals surface area contributed by atoms with Crippen molar-refractivity contribution in [3.63, 3.8) is 0 Å². The zero-order valence-electron chi connectivity index (χ0n) is 9.20. The molecule has 0 amide bonds. The second-order valence-corrected chi connectivity index (χ2v) is 4.72. The first-order valence-electron chi connectivity index (χ1n) is 5.47. The summed E-state index contributed by atoms with van der Waals surface area (Å²) in [7, 11) is 0. The summed E-state index contributed by atoms with van der Waals surface area (Å²) in [6.45, 7) is 0. The highest BCUT2D eigenvalue weighted by atomic mass is 32.1.